The van der Waals surface area contributed by atoms with Gasteiger partial charge in [-0.3, -0.25) is 4.79 Å². The van der Waals surface area contributed by atoms with Crippen LogP contribution in [0.2, 0.25) is 0 Å². The quantitative estimate of drug-likeness (QED) is 0.676. The predicted octanol–water partition coefficient (Wildman–Crippen LogP) is 1.46. The molecule has 0 aromatic heterocycles. The zero-order valence-corrected chi connectivity index (χ0v) is 11.5. The lowest BCUT2D eigenvalue weighted by atomic mass is 10.0. The molecule has 0 saturated heterocycles. The van der Waals surface area contributed by atoms with Gasteiger partial charge in [0.25, 0.3) is 12.3 Å². The van der Waals surface area contributed by atoms with Gasteiger partial charge in [0.2, 0.25) is 0 Å². The van der Waals surface area contributed by atoms with E-state index in [1.165, 1.54) is 0 Å². The van der Waals surface area contributed by atoms with E-state index in [1.54, 1.807) is 12.1 Å². The van der Waals surface area contributed by atoms with Crippen LogP contribution >= 0.6 is 0 Å². The van der Waals surface area contributed by atoms with Crippen molar-refractivity contribution in [3.63, 3.8) is 0 Å². The lowest BCUT2D eigenvalue weighted by Crippen LogP contribution is -2.29. The summed E-state index contributed by atoms with van der Waals surface area (Å²) in [5.74, 6) is -0.211. The van der Waals surface area contributed by atoms with Gasteiger partial charge in [0.1, 0.15) is 6.61 Å². The first kappa shape index (κ1) is 16.5. The fraction of sp³-hybridized carbons (Fsp3) is 0.500. The molecule has 6 heteroatoms. The maximum Gasteiger partial charge on any atom is 0.261 e. The largest absolute Gasteiger partial charge is 0.374 e. The lowest BCUT2D eigenvalue weighted by Gasteiger charge is -2.10. The first-order valence-electron chi connectivity index (χ1n) is 6.51. The fourth-order valence-corrected chi connectivity index (χ4v) is 1.72. The van der Waals surface area contributed by atoms with Gasteiger partial charge in [-0.25, -0.2) is 8.78 Å². The number of amides is 1. The molecule has 0 atom stereocenters. The Morgan fingerprint density at radius 3 is 2.75 bits per heavy atom. The second-order valence-electron chi connectivity index (χ2n) is 4.23. The van der Waals surface area contributed by atoms with E-state index < -0.39 is 13.0 Å². The number of likely N-dealkylation sites (N-methyl/N-ethyl adjacent to an activating group) is 1. The summed E-state index contributed by atoms with van der Waals surface area (Å²) in [6.45, 7) is 0.469. The van der Waals surface area contributed by atoms with E-state index in [4.69, 9.17) is 4.74 Å². The minimum absolute atomic E-state index is 0.0781. The highest BCUT2D eigenvalue weighted by Crippen LogP contribution is 2.09. The van der Waals surface area contributed by atoms with Gasteiger partial charge in [-0.05, 0) is 31.6 Å². The third-order valence-electron chi connectivity index (χ3n) is 2.68. The SMILES string of the molecule is CNCCc1ccccc1C(=O)NCCOCC(F)F. The average Bonchev–Trinajstić information content (AvgIpc) is 2.44. The molecular formula is C14H20F2N2O2. The van der Waals surface area contributed by atoms with Crippen LogP contribution in [0.15, 0.2) is 24.3 Å². The van der Waals surface area contributed by atoms with Gasteiger partial charge in [-0.15, -0.1) is 0 Å². The van der Waals surface area contributed by atoms with Gasteiger partial charge in [0.15, 0.2) is 0 Å². The average molecular weight is 286 g/mol. The molecule has 0 heterocycles. The summed E-state index contributed by atoms with van der Waals surface area (Å²) in [6, 6.07) is 7.33. The third kappa shape index (κ3) is 6.08. The molecule has 1 aromatic carbocycles. The number of ether oxygens (including phenoxy) is 1. The van der Waals surface area contributed by atoms with Crippen LogP contribution in [0.25, 0.3) is 0 Å². The molecule has 0 saturated carbocycles. The summed E-state index contributed by atoms with van der Waals surface area (Å²) < 4.78 is 28.4. The van der Waals surface area contributed by atoms with Crippen molar-refractivity contribution in [1.82, 2.24) is 10.6 Å². The molecule has 0 aliphatic rings. The van der Waals surface area contributed by atoms with Gasteiger partial charge in [-0.1, -0.05) is 18.2 Å². The van der Waals surface area contributed by atoms with Crippen molar-refractivity contribution in [3.8, 4) is 0 Å². The van der Waals surface area contributed by atoms with E-state index in [0.717, 1.165) is 18.5 Å². The maximum atomic E-state index is 12.0. The van der Waals surface area contributed by atoms with E-state index in [1.807, 2.05) is 19.2 Å². The summed E-state index contributed by atoms with van der Waals surface area (Å²) in [5.41, 5.74) is 1.56. The second kappa shape index (κ2) is 9.39. The van der Waals surface area contributed by atoms with Crippen LogP contribution in [-0.2, 0) is 11.2 Å². The van der Waals surface area contributed by atoms with Crippen LogP contribution in [0, 0.1) is 0 Å². The highest BCUT2D eigenvalue weighted by atomic mass is 19.3. The molecule has 2 N–H and O–H groups in total. The third-order valence-corrected chi connectivity index (χ3v) is 2.68. The molecule has 4 nitrogen and oxygen atoms in total. The topological polar surface area (TPSA) is 50.4 Å². The van der Waals surface area contributed by atoms with Gasteiger partial charge in [0.05, 0.1) is 6.61 Å². The Balaban J connectivity index is 2.42. The van der Waals surface area contributed by atoms with Gasteiger partial charge < -0.3 is 15.4 Å². The Hall–Kier alpha value is -1.53. The van der Waals surface area contributed by atoms with Crippen molar-refractivity contribution in [3.05, 3.63) is 35.4 Å². The molecule has 20 heavy (non-hydrogen) atoms. The molecule has 0 bridgehead atoms. The van der Waals surface area contributed by atoms with Crippen LogP contribution in [-0.4, -0.2) is 45.7 Å². The van der Waals surface area contributed by atoms with Crippen LogP contribution in [0.4, 0.5) is 8.78 Å². The van der Waals surface area contributed by atoms with Crippen molar-refractivity contribution in [2.75, 3.05) is 33.4 Å². The van der Waals surface area contributed by atoms with Crippen LogP contribution in [0.5, 0.6) is 0 Å². The summed E-state index contributed by atoms with van der Waals surface area (Å²) in [7, 11) is 1.85. The normalized spacial score (nSPS) is 10.8. The summed E-state index contributed by atoms with van der Waals surface area (Å²) in [6.07, 6.45) is -1.73. The number of halogens is 2. The number of hydrogen-bond acceptors (Lipinski definition) is 3. The Morgan fingerprint density at radius 1 is 1.30 bits per heavy atom. The molecule has 0 unspecified atom stereocenters. The van der Waals surface area contributed by atoms with Crippen molar-refractivity contribution < 1.29 is 18.3 Å². The number of alkyl halides is 2. The maximum absolute atomic E-state index is 12.0. The molecule has 0 aliphatic carbocycles. The van der Waals surface area contributed by atoms with Gasteiger partial charge in [0, 0.05) is 12.1 Å². The first-order valence-corrected chi connectivity index (χ1v) is 6.51. The minimum atomic E-state index is -2.48. The second-order valence-corrected chi connectivity index (χ2v) is 4.23. The smallest absolute Gasteiger partial charge is 0.261 e. The van der Waals surface area contributed by atoms with Crippen molar-refractivity contribution in [1.29, 1.82) is 0 Å². The van der Waals surface area contributed by atoms with Crippen molar-refractivity contribution >= 4 is 5.91 Å². The molecule has 1 amide bonds. The number of nitrogens with one attached hydrogen (secondary N) is 2. The lowest BCUT2D eigenvalue weighted by molar-refractivity contribution is 0.0188. The number of carbonyl (C=O) groups is 1. The van der Waals surface area contributed by atoms with Gasteiger partial charge in [-0.2, -0.15) is 0 Å². The van der Waals surface area contributed by atoms with Crippen LogP contribution in [0.3, 0.4) is 0 Å². The molecule has 0 radical (unpaired) electrons. The first-order chi connectivity index (χ1) is 9.65. The van der Waals surface area contributed by atoms with Crippen molar-refractivity contribution in [2.24, 2.45) is 0 Å². The zero-order valence-electron chi connectivity index (χ0n) is 11.5. The van der Waals surface area contributed by atoms with Crippen molar-refractivity contribution in [2.45, 2.75) is 12.8 Å². The molecule has 1 rings (SSSR count). The van der Waals surface area contributed by atoms with Crippen LogP contribution < -0.4 is 10.6 Å². The predicted molar refractivity (Wildman–Crippen MR) is 73.2 cm³/mol. The molecular weight excluding hydrogens is 266 g/mol. The Labute approximate surface area is 117 Å². The summed E-state index contributed by atoms with van der Waals surface area (Å²) >= 11 is 0. The fourth-order valence-electron chi connectivity index (χ4n) is 1.72. The Kier molecular flexibility index (Phi) is 7.75. The summed E-state index contributed by atoms with van der Waals surface area (Å²) in [5, 5.41) is 5.69. The van der Waals surface area contributed by atoms with E-state index in [-0.39, 0.29) is 19.1 Å². The Morgan fingerprint density at radius 2 is 2.05 bits per heavy atom. The zero-order chi connectivity index (χ0) is 14.8. The number of benzene rings is 1. The van der Waals surface area contributed by atoms with E-state index in [2.05, 4.69) is 10.6 Å². The molecule has 112 valence electrons. The Bertz CT molecular complexity index is 414. The monoisotopic (exact) mass is 286 g/mol. The van der Waals surface area contributed by atoms with Crippen LogP contribution in [0.1, 0.15) is 15.9 Å². The van der Waals surface area contributed by atoms with Gasteiger partial charge >= 0.3 is 0 Å². The number of carbonyl (C=O) groups excluding carboxylic acids is 1. The summed E-state index contributed by atoms with van der Waals surface area (Å²) in [4.78, 5) is 12.0. The number of hydrogen-bond donors (Lipinski definition) is 2. The standard InChI is InChI=1S/C14H20F2N2O2/c1-17-7-6-11-4-2-3-5-12(11)14(19)18-8-9-20-10-13(15)16/h2-5,13,17H,6-10H2,1H3,(H,18,19). The molecule has 0 fully saturated rings. The molecule has 1 aromatic rings. The number of rotatable bonds is 9. The van der Waals surface area contributed by atoms with E-state index >= 15 is 0 Å². The highest BCUT2D eigenvalue weighted by molar-refractivity contribution is 5.95. The molecule has 0 aliphatic heterocycles. The highest BCUT2D eigenvalue weighted by Gasteiger charge is 2.10. The molecule has 0 spiro atoms. The van der Waals surface area contributed by atoms with E-state index in [9.17, 15) is 13.6 Å². The van der Waals surface area contributed by atoms with E-state index in [0.29, 0.717) is 5.56 Å². The minimum Gasteiger partial charge on any atom is -0.374 e.